The van der Waals surface area contributed by atoms with E-state index in [9.17, 15) is 12.8 Å². The molecule has 1 unspecified atom stereocenters. The lowest BCUT2D eigenvalue weighted by Gasteiger charge is -2.12. The van der Waals surface area contributed by atoms with Gasteiger partial charge >= 0.3 is 0 Å². The van der Waals surface area contributed by atoms with Crippen LogP contribution in [-0.4, -0.2) is 26.2 Å². The van der Waals surface area contributed by atoms with Crippen LogP contribution in [0.4, 0.5) is 10.1 Å². The maximum atomic E-state index is 12.7. The third kappa shape index (κ3) is 2.91. The zero-order chi connectivity index (χ0) is 12.3. The van der Waals surface area contributed by atoms with Crippen molar-refractivity contribution in [2.24, 2.45) is 0 Å². The molecule has 0 amide bonds. The van der Waals surface area contributed by atoms with Crippen LogP contribution in [0.3, 0.4) is 0 Å². The molecule has 4 N–H and O–H groups in total. The number of nitrogen functional groups attached to an aromatic ring is 1. The highest BCUT2D eigenvalue weighted by molar-refractivity contribution is 7.89. The molecule has 5 nitrogen and oxygen atoms in total. The molecule has 1 atom stereocenters. The van der Waals surface area contributed by atoms with Crippen LogP contribution in [0, 0.1) is 5.82 Å². The number of halogens is 1. The average Bonchev–Trinajstić information content (AvgIpc) is 2.16. The van der Waals surface area contributed by atoms with Crippen LogP contribution in [0.5, 0.6) is 0 Å². The average molecular weight is 248 g/mol. The van der Waals surface area contributed by atoms with Crippen molar-refractivity contribution < 1.29 is 17.9 Å². The van der Waals surface area contributed by atoms with Gasteiger partial charge in [-0.3, -0.25) is 0 Å². The van der Waals surface area contributed by atoms with Crippen molar-refractivity contribution in [2.75, 3.05) is 12.3 Å². The molecular weight excluding hydrogens is 235 g/mol. The Balaban J connectivity index is 3.08. The molecule has 0 fully saturated rings. The number of aliphatic hydroxyl groups excluding tert-OH is 1. The van der Waals surface area contributed by atoms with Crippen LogP contribution >= 0.6 is 0 Å². The van der Waals surface area contributed by atoms with E-state index in [2.05, 4.69) is 4.72 Å². The highest BCUT2D eigenvalue weighted by Crippen LogP contribution is 2.19. The van der Waals surface area contributed by atoms with Crippen molar-refractivity contribution in [3.05, 3.63) is 24.0 Å². The second-order valence-corrected chi connectivity index (χ2v) is 5.07. The van der Waals surface area contributed by atoms with E-state index in [1.54, 1.807) is 0 Å². The highest BCUT2D eigenvalue weighted by Gasteiger charge is 2.19. The summed E-state index contributed by atoms with van der Waals surface area (Å²) in [7, 11) is -3.82. The number of nitrogens with one attached hydrogen (secondary N) is 1. The normalized spacial score (nSPS) is 13.7. The summed E-state index contributed by atoms with van der Waals surface area (Å²) in [5.74, 6) is -0.605. The van der Waals surface area contributed by atoms with Gasteiger partial charge in [0, 0.05) is 6.04 Å². The van der Waals surface area contributed by atoms with Crippen LogP contribution in [0.15, 0.2) is 23.1 Å². The first-order valence-electron chi connectivity index (χ1n) is 4.55. The fourth-order valence-corrected chi connectivity index (χ4v) is 2.48. The Morgan fingerprint density at radius 2 is 2.19 bits per heavy atom. The minimum absolute atomic E-state index is 0.169. The van der Waals surface area contributed by atoms with Gasteiger partial charge in [0.1, 0.15) is 10.7 Å². The first-order chi connectivity index (χ1) is 7.36. The summed E-state index contributed by atoms with van der Waals surface area (Å²) >= 11 is 0. The lowest BCUT2D eigenvalue weighted by molar-refractivity contribution is 0.265. The van der Waals surface area contributed by atoms with Gasteiger partial charge in [-0.25, -0.2) is 17.5 Å². The second kappa shape index (κ2) is 4.77. The highest BCUT2D eigenvalue weighted by atomic mass is 32.2. The zero-order valence-corrected chi connectivity index (χ0v) is 9.46. The Morgan fingerprint density at radius 1 is 1.56 bits per heavy atom. The third-order valence-corrected chi connectivity index (χ3v) is 3.56. The Hall–Kier alpha value is -1.18. The maximum Gasteiger partial charge on any atom is 0.242 e. The number of hydrogen-bond acceptors (Lipinski definition) is 4. The summed E-state index contributed by atoms with van der Waals surface area (Å²) in [6.07, 6.45) is 0. The van der Waals surface area contributed by atoms with Gasteiger partial charge in [0.05, 0.1) is 12.3 Å². The summed E-state index contributed by atoms with van der Waals surface area (Å²) in [6.45, 7) is 1.16. The summed E-state index contributed by atoms with van der Waals surface area (Å²) in [6, 6.07) is 2.39. The van der Waals surface area contributed by atoms with Gasteiger partial charge in [0.25, 0.3) is 0 Å². The molecule has 0 aliphatic rings. The second-order valence-electron chi connectivity index (χ2n) is 3.39. The Morgan fingerprint density at radius 3 is 2.69 bits per heavy atom. The van der Waals surface area contributed by atoms with Crippen LogP contribution in [0.25, 0.3) is 0 Å². The van der Waals surface area contributed by atoms with Gasteiger partial charge in [-0.15, -0.1) is 0 Å². The van der Waals surface area contributed by atoms with Crippen LogP contribution < -0.4 is 10.5 Å². The lowest BCUT2D eigenvalue weighted by Crippen LogP contribution is -2.35. The molecule has 0 saturated carbocycles. The number of anilines is 1. The van der Waals surface area contributed by atoms with Crippen molar-refractivity contribution in [1.82, 2.24) is 4.72 Å². The molecule has 1 rings (SSSR count). The molecular formula is C9H13FN2O3S. The molecule has 0 bridgehead atoms. The van der Waals surface area contributed by atoms with Crippen LogP contribution in [0.1, 0.15) is 6.92 Å². The van der Waals surface area contributed by atoms with Crippen molar-refractivity contribution in [1.29, 1.82) is 0 Å². The Labute approximate surface area is 93.1 Å². The molecule has 0 saturated heterocycles. The molecule has 16 heavy (non-hydrogen) atoms. The first kappa shape index (κ1) is 12.9. The van der Waals surface area contributed by atoms with E-state index in [1.165, 1.54) is 6.92 Å². The number of nitrogens with two attached hydrogens (primary N) is 1. The number of rotatable bonds is 4. The standard InChI is InChI=1S/C9H13FN2O3S/c1-6(5-13)12-16(14,15)9-3-2-7(10)4-8(9)11/h2-4,6,12-13H,5,11H2,1H3. The summed E-state index contributed by atoms with van der Waals surface area (Å²) in [5, 5.41) is 8.74. The quantitative estimate of drug-likeness (QED) is 0.657. The van der Waals surface area contributed by atoms with E-state index in [1.807, 2.05) is 0 Å². The van der Waals surface area contributed by atoms with Crippen molar-refractivity contribution >= 4 is 15.7 Å². The summed E-state index contributed by atoms with van der Waals surface area (Å²) < 4.78 is 38.3. The van der Waals surface area contributed by atoms with E-state index in [0.717, 1.165) is 18.2 Å². The SMILES string of the molecule is CC(CO)NS(=O)(=O)c1ccc(F)cc1N. The molecule has 90 valence electrons. The maximum absolute atomic E-state index is 12.7. The number of sulfonamides is 1. The number of aliphatic hydroxyl groups is 1. The largest absolute Gasteiger partial charge is 0.398 e. The molecule has 0 radical (unpaired) electrons. The fourth-order valence-electron chi connectivity index (χ4n) is 1.13. The Bertz CT molecular complexity index is 476. The predicted octanol–water partition coefficient (Wildman–Crippen LogP) is 0.0670. The Kier molecular flexibility index (Phi) is 3.84. The third-order valence-electron chi connectivity index (χ3n) is 1.89. The molecule has 7 heteroatoms. The molecule has 0 aliphatic carbocycles. The fraction of sp³-hybridized carbons (Fsp3) is 0.333. The molecule has 0 aliphatic heterocycles. The van der Waals surface area contributed by atoms with E-state index < -0.39 is 21.9 Å². The number of benzene rings is 1. The van der Waals surface area contributed by atoms with Crippen LogP contribution in [-0.2, 0) is 10.0 Å². The van der Waals surface area contributed by atoms with E-state index in [-0.39, 0.29) is 17.2 Å². The molecule has 0 aromatic heterocycles. The molecule has 0 heterocycles. The van der Waals surface area contributed by atoms with Crippen LogP contribution in [0.2, 0.25) is 0 Å². The molecule has 0 spiro atoms. The molecule has 1 aromatic carbocycles. The van der Waals surface area contributed by atoms with Gasteiger partial charge in [-0.1, -0.05) is 0 Å². The van der Waals surface area contributed by atoms with Gasteiger partial charge in [-0.2, -0.15) is 0 Å². The van der Waals surface area contributed by atoms with E-state index >= 15 is 0 Å². The van der Waals surface area contributed by atoms with E-state index in [0.29, 0.717) is 0 Å². The van der Waals surface area contributed by atoms with Gasteiger partial charge in [0.15, 0.2) is 0 Å². The first-order valence-corrected chi connectivity index (χ1v) is 6.03. The summed E-state index contributed by atoms with van der Waals surface area (Å²) in [5.41, 5.74) is 5.23. The predicted molar refractivity (Wildman–Crippen MR) is 57.7 cm³/mol. The topological polar surface area (TPSA) is 92.4 Å². The molecule has 1 aromatic rings. The minimum Gasteiger partial charge on any atom is -0.398 e. The van der Waals surface area contributed by atoms with Crippen molar-refractivity contribution in [3.63, 3.8) is 0 Å². The van der Waals surface area contributed by atoms with Crippen molar-refractivity contribution in [2.45, 2.75) is 17.9 Å². The summed E-state index contributed by atoms with van der Waals surface area (Å²) in [4.78, 5) is -0.200. The smallest absolute Gasteiger partial charge is 0.242 e. The minimum atomic E-state index is -3.82. The van der Waals surface area contributed by atoms with Crippen molar-refractivity contribution in [3.8, 4) is 0 Å². The van der Waals surface area contributed by atoms with E-state index in [4.69, 9.17) is 10.8 Å². The monoisotopic (exact) mass is 248 g/mol. The van der Waals surface area contributed by atoms with Gasteiger partial charge < -0.3 is 10.8 Å². The van der Waals surface area contributed by atoms with Gasteiger partial charge in [-0.05, 0) is 25.1 Å². The number of hydrogen-bond donors (Lipinski definition) is 3. The lowest BCUT2D eigenvalue weighted by atomic mass is 10.3. The zero-order valence-electron chi connectivity index (χ0n) is 8.64. The van der Waals surface area contributed by atoms with Gasteiger partial charge in [0.2, 0.25) is 10.0 Å².